The molecule has 0 bridgehead atoms. The Hall–Kier alpha value is -1.49. The van der Waals surface area contributed by atoms with Crippen molar-refractivity contribution in [3.05, 3.63) is 28.8 Å². The van der Waals surface area contributed by atoms with Crippen LogP contribution >= 0.6 is 0 Å². The van der Waals surface area contributed by atoms with Gasteiger partial charge in [-0.15, -0.1) is 0 Å². The van der Waals surface area contributed by atoms with Gasteiger partial charge >= 0.3 is 0 Å². The molecule has 1 aromatic carbocycles. The Morgan fingerprint density at radius 3 is 1.53 bits per heavy atom. The SMILES string of the molecule is CC(C)(C)c1cc(C#N)cc(C(C)(C)C)c1O. The molecular weight excluding hydrogens is 210 g/mol. The lowest BCUT2D eigenvalue weighted by Crippen LogP contribution is -2.17. The minimum Gasteiger partial charge on any atom is -0.507 e. The van der Waals surface area contributed by atoms with Crippen LogP contribution in [0.4, 0.5) is 0 Å². The Balaban J connectivity index is 3.61. The summed E-state index contributed by atoms with van der Waals surface area (Å²) in [5.74, 6) is 0.323. The predicted octanol–water partition coefficient (Wildman–Crippen LogP) is 3.86. The van der Waals surface area contributed by atoms with Gasteiger partial charge in [0.15, 0.2) is 0 Å². The molecule has 0 radical (unpaired) electrons. The highest BCUT2D eigenvalue weighted by Gasteiger charge is 2.26. The lowest BCUT2D eigenvalue weighted by atomic mass is 9.78. The maximum atomic E-state index is 10.4. The minimum atomic E-state index is -0.170. The van der Waals surface area contributed by atoms with Crippen molar-refractivity contribution in [2.75, 3.05) is 0 Å². The quantitative estimate of drug-likeness (QED) is 0.736. The van der Waals surface area contributed by atoms with Gasteiger partial charge in [0.05, 0.1) is 11.6 Å². The fourth-order valence-electron chi connectivity index (χ4n) is 1.84. The van der Waals surface area contributed by atoms with Gasteiger partial charge in [0.25, 0.3) is 0 Å². The highest BCUT2D eigenvalue weighted by atomic mass is 16.3. The molecule has 0 unspecified atom stereocenters. The summed E-state index contributed by atoms with van der Waals surface area (Å²) >= 11 is 0. The normalized spacial score (nSPS) is 12.3. The third kappa shape index (κ3) is 2.79. The molecule has 2 nitrogen and oxygen atoms in total. The molecule has 0 aliphatic heterocycles. The second-order valence-electron chi connectivity index (χ2n) is 6.53. The van der Waals surface area contributed by atoms with E-state index in [9.17, 15) is 5.11 Å². The summed E-state index contributed by atoms with van der Waals surface area (Å²) in [6.45, 7) is 12.2. The van der Waals surface area contributed by atoms with Gasteiger partial charge in [-0.05, 0) is 23.0 Å². The largest absolute Gasteiger partial charge is 0.507 e. The Morgan fingerprint density at radius 2 is 1.29 bits per heavy atom. The summed E-state index contributed by atoms with van der Waals surface area (Å²) in [6, 6.07) is 5.73. The summed E-state index contributed by atoms with van der Waals surface area (Å²) < 4.78 is 0. The first-order chi connectivity index (χ1) is 7.57. The van der Waals surface area contributed by atoms with Crippen LogP contribution in [0.2, 0.25) is 0 Å². The molecule has 0 heterocycles. The van der Waals surface area contributed by atoms with Gasteiger partial charge in [0.2, 0.25) is 0 Å². The molecule has 0 atom stereocenters. The van der Waals surface area contributed by atoms with E-state index >= 15 is 0 Å². The molecule has 0 saturated heterocycles. The number of nitrogens with zero attached hydrogens (tertiary/aromatic N) is 1. The fourth-order valence-corrected chi connectivity index (χ4v) is 1.84. The van der Waals surface area contributed by atoms with E-state index in [0.29, 0.717) is 11.3 Å². The van der Waals surface area contributed by atoms with E-state index in [2.05, 4.69) is 6.07 Å². The molecule has 0 saturated carbocycles. The molecule has 0 aromatic heterocycles. The van der Waals surface area contributed by atoms with E-state index in [1.54, 1.807) is 12.1 Å². The number of benzene rings is 1. The van der Waals surface area contributed by atoms with Crippen LogP contribution in [0, 0.1) is 11.3 Å². The highest BCUT2D eigenvalue weighted by Crippen LogP contribution is 2.39. The van der Waals surface area contributed by atoms with Crippen LogP contribution in [-0.4, -0.2) is 5.11 Å². The molecule has 1 N–H and O–H groups in total. The first-order valence-electron chi connectivity index (χ1n) is 5.85. The summed E-state index contributed by atoms with van der Waals surface area (Å²) in [5.41, 5.74) is 1.94. The predicted molar refractivity (Wildman–Crippen MR) is 70.2 cm³/mol. The molecular formula is C15H21NO. The van der Waals surface area contributed by atoms with Crippen molar-refractivity contribution in [2.24, 2.45) is 0 Å². The van der Waals surface area contributed by atoms with Crippen LogP contribution in [0.5, 0.6) is 5.75 Å². The first-order valence-corrected chi connectivity index (χ1v) is 5.85. The highest BCUT2D eigenvalue weighted by molar-refractivity contribution is 5.52. The van der Waals surface area contributed by atoms with Crippen molar-refractivity contribution < 1.29 is 5.11 Å². The van der Waals surface area contributed by atoms with Gasteiger partial charge in [-0.3, -0.25) is 0 Å². The van der Waals surface area contributed by atoms with Crippen LogP contribution < -0.4 is 0 Å². The maximum Gasteiger partial charge on any atom is 0.123 e. The molecule has 0 aliphatic rings. The molecule has 92 valence electrons. The van der Waals surface area contributed by atoms with E-state index in [4.69, 9.17) is 5.26 Å². The van der Waals surface area contributed by atoms with Crippen LogP contribution in [0.15, 0.2) is 12.1 Å². The molecule has 1 aromatic rings. The van der Waals surface area contributed by atoms with Gasteiger partial charge in [0.1, 0.15) is 5.75 Å². The van der Waals surface area contributed by atoms with E-state index in [-0.39, 0.29) is 10.8 Å². The Kier molecular flexibility index (Phi) is 3.25. The van der Waals surface area contributed by atoms with E-state index in [1.165, 1.54) is 0 Å². The molecule has 2 heteroatoms. The smallest absolute Gasteiger partial charge is 0.123 e. The Labute approximate surface area is 104 Å². The zero-order chi connectivity index (χ0) is 13.4. The Bertz CT molecular complexity index is 432. The average Bonchev–Trinajstić information content (AvgIpc) is 2.14. The van der Waals surface area contributed by atoms with Crippen molar-refractivity contribution in [1.29, 1.82) is 5.26 Å². The molecule has 1 rings (SSSR count). The van der Waals surface area contributed by atoms with Crippen LogP contribution in [0.25, 0.3) is 0 Å². The van der Waals surface area contributed by atoms with Crippen molar-refractivity contribution in [3.63, 3.8) is 0 Å². The van der Waals surface area contributed by atoms with Crippen molar-refractivity contribution >= 4 is 0 Å². The van der Waals surface area contributed by atoms with Gasteiger partial charge in [-0.1, -0.05) is 41.5 Å². The van der Waals surface area contributed by atoms with Gasteiger partial charge < -0.3 is 5.11 Å². The lowest BCUT2D eigenvalue weighted by Gasteiger charge is -2.27. The van der Waals surface area contributed by atoms with Crippen molar-refractivity contribution in [2.45, 2.75) is 52.4 Å². The molecule has 0 amide bonds. The minimum absolute atomic E-state index is 0.170. The van der Waals surface area contributed by atoms with Crippen LogP contribution in [-0.2, 0) is 10.8 Å². The zero-order valence-corrected chi connectivity index (χ0v) is 11.5. The standard InChI is InChI=1S/C15H21NO/c1-14(2,3)11-7-10(9-16)8-12(13(11)17)15(4,5)6/h7-8,17H,1-6H3. The lowest BCUT2D eigenvalue weighted by molar-refractivity contribution is 0.423. The van der Waals surface area contributed by atoms with Crippen LogP contribution in [0.3, 0.4) is 0 Å². The van der Waals surface area contributed by atoms with E-state index in [0.717, 1.165) is 11.1 Å². The third-order valence-electron chi connectivity index (χ3n) is 2.86. The molecule has 0 aliphatic carbocycles. The summed E-state index contributed by atoms with van der Waals surface area (Å²) in [7, 11) is 0. The molecule has 0 spiro atoms. The number of phenolic OH excluding ortho intramolecular Hbond substituents is 1. The second kappa shape index (κ2) is 4.07. The summed E-state index contributed by atoms with van der Waals surface area (Å²) in [4.78, 5) is 0. The third-order valence-corrected chi connectivity index (χ3v) is 2.86. The zero-order valence-electron chi connectivity index (χ0n) is 11.5. The summed E-state index contributed by atoms with van der Waals surface area (Å²) in [5, 5.41) is 19.4. The average molecular weight is 231 g/mol. The molecule has 17 heavy (non-hydrogen) atoms. The Morgan fingerprint density at radius 1 is 0.941 bits per heavy atom. The van der Waals surface area contributed by atoms with Gasteiger partial charge in [-0.2, -0.15) is 5.26 Å². The van der Waals surface area contributed by atoms with Crippen molar-refractivity contribution in [1.82, 2.24) is 0 Å². The molecule has 0 fully saturated rings. The van der Waals surface area contributed by atoms with Gasteiger partial charge in [0, 0.05) is 11.1 Å². The number of rotatable bonds is 0. The van der Waals surface area contributed by atoms with E-state index < -0.39 is 0 Å². The number of phenols is 1. The second-order valence-corrected chi connectivity index (χ2v) is 6.53. The van der Waals surface area contributed by atoms with Gasteiger partial charge in [-0.25, -0.2) is 0 Å². The number of hydrogen-bond acceptors (Lipinski definition) is 2. The maximum absolute atomic E-state index is 10.4. The van der Waals surface area contributed by atoms with Crippen LogP contribution in [0.1, 0.15) is 58.2 Å². The van der Waals surface area contributed by atoms with E-state index in [1.807, 2.05) is 41.5 Å². The topological polar surface area (TPSA) is 44.0 Å². The first kappa shape index (κ1) is 13.6. The summed E-state index contributed by atoms with van der Waals surface area (Å²) in [6.07, 6.45) is 0. The van der Waals surface area contributed by atoms with Crippen molar-refractivity contribution in [3.8, 4) is 11.8 Å². The number of hydrogen-bond donors (Lipinski definition) is 1. The number of nitriles is 1. The fraction of sp³-hybridized carbons (Fsp3) is 0.533. The monoisotopic (exact) mass is 231 g/mol. The number of aromatic hydroxyl groups is 1.